The lowest BCUT2D eigenvalue weighted by Crippen LogP contribution is -2.36. The van der Waals surface area contributed by atoms with E-state index in [0.717, 1.165) is 17.9 Å². The molecule has 1 N–H and O–H groups in total. The molecular formula is C18H20ClNO2. The van der Waals surface area contributed by atoms with Gasteiger partial charge in [-0.3, -0.25) is 4.79 Å². The van der Waals surface area contributed by atoms with Gasteiger partial charge in [-0.05, 0) is 49.6 Å². The maximum atomic E-state index is 11.9. The van der Waals surface area contributed by atoms with Crippen molar-refractivity contribution >= 4 is 17.5 Å². The highest BCUT2D eigenvalue weighted by molar-refractivity contribution is 6.30. The molecular weight excluding hydrogens is 298 g/mol. The van der Waals surface area contributed by atoms with E-state index < -0.39 is 6.10 Å². The van der Waals surface area contributed by atoms with E-state index in [4.69, 9.17) is 16.3 Å². The summed E-state index contributed by atoms with van der Waals surface area (Å²) in [7, 11) is 0. The second-order valence-electron chi connectivity index (χ2n) is 5.09. The van der Waals surface area contributed by atoms with Crippen LogP contribution in [0.25, 0.3) is 0 Å². The fourth-order valence-electron chi connectivity index (χ4n) is 2.06. The molecule has 2 aromatic carbocycles. The van der Waals surface area contributed by atoms with Gasteiger partial charge in [-0.1, -0.05) is 41.9 Å². The number of para-hydroxylation sites is 1. The number of aryl methyl sites for hydroxylation is 1. The van der Waals surface area contributed by atoms with Crippen LogP contribution in [0.15, 0.2) is 54.6 Å². The first kappa shape index (κ1) is 16.4. The molecule has 1 amide bonds. The Kier molecular flexibility index (Phi) is 6.28. The number of carbonyl (C=O) groups is 1. The smallest absolute Gasteiger partial charge is 0.260 e. The van der Waals surface area contributed by atoms with Gasteiger partial charge in [-0.2, -0.15) is 0 Å². The van der Waals surface area contributed by atoms with Gasteiger partial charge in [0.15, 0.2) is 6.10 Å². The molecule has 0 heterocycles. The van der Waals surface area contributed by atoms with Crippen LogP contribution >= 0.6 is 11.6 Å². The summed E-state index contributed by atoms with van der Waals surface area (Å²) in [5.41, 5.74) is 1.22. The third kappa shape index (κ3) is 5.41. The molecule has 0 fully saturated rings. The molecule has 3 nitrogen and oxygen atoms in total. The van der Waals surface area contributed by atoms with Crippen molar-refractivity contribution < 1.29 is 9.53 Å². The molecule has 4 heteroatoms. The molecule has 0 unspecified atom stereocenters. The van der Waals surface area contributed by atoms with Crippen LogP contribution in [-0.2, 0) is 11.2 Å². The Labute approximate surface area is 136 Å². The number of hydrogen-bond donors (Lipinski definition) is 1. The lowest BCUT2D eigenvalue weighted by Gasteiger charge is -2.14. The van der Waals surface area contributed by atoms with E-state index in [1.54, 1.807) is 6.92 Å². The van der Waals surface area contributed by atoms with Crippen molar-refractivity contribution in [1.82, 2.24) is 5.32 Å². The Morgan fingerprint density at radius 1 is 1.14 bits per heavy atom. The normalized spacial score (nSPS) is 11.7. The van der Waals surface area contributed by atoms with Crippen LogP contribution in [0, 0.1) is 0 Å². The minimum absolute atomic E-state index is 0.0973. The monoisotopic (exact) mass is 317 g/mol. The number of hydrogen-bond acceptors (Lipinski definition) is 2. The maximum absolute atomic E-state index is 11.9. The number of ether oxygens (including phenoxy) is 1. The van der Waals surface area contributed by atoms with E-state index in [0.29, 0.717) is 12.3 Å². The largest absolute Gasteiger partial charge is 0.481 e. The summed E-state index contributed by atoms with van der Waals surface area (Å²) >= 11 is 5.84. The van der Waals surface area contributed by atoms with Crippen LogP contribution in [0.2, 0.25) is 5.02 Å². The third-order valence-electron chi connectivity index (χ3n) is 3.28. The Balaban J connectivity index is 1.67. The molecule has 1 atom stereocenters. The topological polar surface area (TPSA) is 38.3 Å². The standard InChI is InChI=1S/C18H20ClNO2/c1-14(22-17-7-3-2-4-8-17)18(21)20-13-5-6-15-9-11-16(19)12-10-15/h2-4,7-12,14H,5-6,13H2,1H3,(H,20,21)/t14-/m0/s1. The number of amides is 1. The Morgan fingerprint density at radius 3 is 2.50 bits per heavy atom. The second-order valence-corrected chi connectivity index (χ2v) is 5.53. The molecule has 0 bridgehead atoms. The van der Waals surface area contributed by atoms with Gasteiger partial charge in [0.2, 0.25) is 0 Å². The van der Waals surface area contributed by atoms with E-state index in [1.165, 1.54) is 5.56 Å². The summed E-state index contributed by atoms with van der Waals surface area (Å²) in [4.78, 5) is 11.9. The molecule has 116 valence electrons. The van der Waals surface area contributed by atoms with Crippen LogP contribution in [0.4, 0.5) is 0 Å². The first-order valence-electron chi connectivity index (χ1n) is 7.39. The molecule has 0 aliphatic carbocycles. The molecule has 2 aromatic rings. The predicted molar refractivity (Wildman–Crippen MR) is 89.3 cm³/mol. The van der Waals surface area contributed by atoms with Crippen molar-refractivity contribution in [1.29, 1.82) is 0 Å². The van der Waals surface area contributed by atoms with Gasteiger partial charge in [0.1, 0.15) is 5.75 Å². The highest BCUT2D eigenvalue weighted by Crippen LogP contribution is 2.11. The molecule has 0 radical (unpaired) electrons. The Bertz CT molecular complexity index is 584. The highest BCUT2D eigenvalue weighted by atomic mass is 35.5. The number of halogens is 1. The molecule has 0 aromatic heterocycles. The molecule has 0 aliphatic rings. The number of benzene rings is 2. The van der Waals surface area contributed by atoms with Gasteiger partial charge < -0.3 is 10.1 Å². The summed E-state index contributed by atoms with van der Waals surface area (Å²) in [6.07, 6.45) is 1.29. The van der Waals surface area contributed by atoms with Crippen molar-refractivity contribution in [2.24, 2.45) is 0 Å². The number of nitrogens with one attached hydrogen (secondary N) is 1. The fourth-order valence-corrected chi connectivity index (χ4v) is 2.18. The van der Waals surface area contributed by atoms with Crippen molar-refractivity contribution in [3.8, 4) is 5.75 Å². The summed E-state index contributed by atoms with van der Waals surface area (Å²) in [6.45, 7) is 2.38. The minimum Gasteiger partial charge on any atom is -0.481 e. The van der Waals surface area contributed by atoms with Crippen LogP contribution in [-0.4, -0.2) is 18.6 Å². The van der Waals surface area contributed by atoms with Crippen molar-refractivity contribution in [2.75, 3.05) is 6.54 Å². The molecule has 0 saturated heterocycles. The zero-order valence-corrected chi connectivity index (χ0v) is 13.3. The number of carbonyl (C=O) groups excluding carboxylic acids is 1. The number of rotatable bonds is 7. The van der Waals surface area contributed by atoms with Gasteiger partial charge in [-0.15, -0.1) is 0 Å². The molecule has 0 saturated carbocycles. The van der Waals surface area contributed by atoms with E-state index >= 15 is 0 Å². The van der Waals surface area contributed by atoms with Gasteiger partial charge in [-0.25, -0.2) is 0 Å². The van der Waals surface area contributed by atoms with Crippen molar-refractivity contribution in [3.63, 3.8) is 0 Å². The quantitative estimate of drug-likeness (QED) is 0.788. The average Bonchev–Trinajstić information content (AvgIpc) is 2.54. The summed E-state index contributed by atoms with van der Waals surface area (Å²) in [6, 6.07) is 17.1. The molecule has 2 rings (SSSR count). The summed E-state index contributed by atoms with van der Waals surface area (Å²) in [5.74, 6) is 0.603. The average molecular weight is 318 g/mol. The van der Waals surface area contributed by atoms with Crippen LogP contribution in [0.3, 0.4) is 0 Å². The van der Waals surface area contributed by atoms with Crippen molar-refractivity contribution in [2.45, 2.75) is 25.9 Å². The minimum atomic E-state index is -0.502. The SMILES string of the molecule is C[C@H](Oc1ccccc1)C(=O)NCCCc1ccc(Cl)cc1. The van der Waals surface area contributed by atoms with Crippen molar-refractivity contribution in [3.05, 3.63) is 65.2 Å². The second kappa shape index (κ2) is 8.44. The predicted octanol–water partition coefficient (Wildman–Crippen LogP) is 3.86. The van der Waals surface area contributed by atoms with Gasteiger partial charge in [0.25, 0.3) is 5.91 Å². The Hall–Kier alpha value is -2.00. The van der Waals surface area contributed by atoms with Crippen LogP contribution < -0.4 is 10.1 Å². The fraction of sp³-hybridized carbons (Fsp3) is 0.278. The zero-order valence-electron chi connectivity index (χ0n) is 12.6. The third-order valence-corrected chi connectivity index (χ3v) is 3.53. The molecule has 0 spiro atoms. The lowest BCUT2D eigenvalue weighted by molar-refractivity contribution is -0.127. The zero-order chi connectivity index (χ0) is 15.8. The molecule has 22 heavy (non-hydrogen) atoms. The van der Waals surface area contributed by atoms with E-state index in [2.05, 4.69) is 5.32 Å². The van der Waals surface area contributed by atoms with Crippen LogP contribution in [0.5, 0.6) is 5.75 Å². The first-order valence-corrected chi connectivity index (χ1v) is 7.77. The highest BCUT2D eigenvalue weighted by Gasteiger charge is 2.13. The van der Waals surface area contributed by atoms with Gasteiger partial charge in [0, 0.05) is 11.6 Å². The molecule has 0 aliphatic heterocycles. The lowest BCUT2D eigenvalue weighted by atomic mass is 10.1. The summed E-state index contributed by atoms with van der Waals surface area (Å²) < 4.78 is 5.58. The van der Waals surface area contributed by atoms with E-state index in [9.17, 15) is 4.79 Å². The van der Waals surface area contributed by atoms with Gasteiger partial charge >= 0.3 is 0 Å². The maximum Gasteiger partial charge on any atom is 0.260 e. The first-order chi connectivity index (χ1) is 10.6. The summed E-state index contributed by atoms with van der Waals surface area (Å²) in [5, 5.41) is 3.63. The van der Waals surface area contributed by atoms with Gasteiger partial charge in [0.05, 0.1) is 0 Å². The van der Waals surface area contributed by atoms with E-state index in [-0.39, 0.29) is 5.91 Å². The van der Waals surface area contributed by atoms with E-state index in [1.807, 2.05) is 54.6 Å². The Morgan fingerprint density at radius 2 is 1.82 bits per heavy atom. The van der Waals surface area contributed by atoms with Crippen LogP contribution in [0.1, 0.15) is 18.9 Å².